The van der Waals surface area contributed by atoms with Crippen LogP contribution in [0.4, 0.5) is 4.39 Å². The maximum absolute atomic E-state index is 16.1. The van der Waals surface area contributed by atoms with E-state index in [1.54, 1.807) is 6.34 Å². The molecule has 3 aliphatic heterocycles. The average molecular weight is 559 g/mol. The van der Waals surface area contributed by atoms with Crippen LogP contribution in [0.25, 0.3) is 0 Å². The molecule has 2 saturated heterocycles. The number of alkyl halides is 1. The number of halogens is 1. The third kappa shape index (κ3) is 5.31. The number of ether oxygens (including phenoxy) is 1. The molecule has 40 heavy (non-hydrogen) atoms. The van der Waals surface area contributed by atoms with Gasteiger partial charge < -0.3 is 25.6 Å². The predicted molar refractivity (Wildman–Crippen MR) is 151 cm³/mol. The van der Waals surface area contributed by atoms with Crippen molar-refractivity contribution in [2.24, 2.45) is 28.5 Å². The molecule has 0 aromatic heterocycles. The molecule has 222 valence electrons. The maximum Gasteiger partial charge on any atom is 0.256 e. The Morgan fingerprint density at radius 2 is 1.98 bits per heavy atom. The summed E-state index contributed by atoms with van der Waals surface area (Å²) in [4.78, 5) is 37.8. The molecule has 0 aromatic rings. The molecular weight excluding hydrogens is 511 g/mol. The normalized spacial score (nSPS) is 41.2. The molecule has 6 rings (SSSR count). The summed E-state index contributed by atoms with van der Waals surface area (Å²) in [6.45, 7) is 2.46. The van der Waals surface area contributed by atoms with Crippen molar-refractivity contribution in [1.82, 2.24) is 20.0 Å². The highest BCUT2D eigenvalue weighted by Crippen LogP contribution is 2.50. The molecule has 10 atom stereocenters. The van der Waals surface area contributed by atoms with Crippen LogP contribution >= 0.6 is 0 Å². The zero-order chi connectivity index (χ0) is 28.0. The Labute approximate surface area is 237 Å². The zero-order valence-electron chi connectivity index (χ0n) is 24.1. The number of hydrogen-bond acceptors (Lipinski definition) is 7. The number of likely N-dealkylation sites (tertiary alicyclic amines) is 1. The number of nitrogens with two attached hydrogens (primary N) is 1. The lowest BCUT2D eigenvalue weighted by Gasteiger charge is -2.61. The monoisotopic (exact) mass is 558 g/mol. The zero-order valence-corrected chi connectivity index (χ0v) is 24.1. The number of amides is 1. The second kappa shape index (κ2) is 11.7. The van der Waals surface area contributed by atoms with Crippen LogP contribution in [0, 0.1) is 17.8 Å². The fourth-order valence-electron chi connectivity index (χ4n) is 8.64. The van der Waals surface area contributed by atoms with Crippen LogP contribution in [-0.2, 0) is 14.3 Å². The molecule has 3 heterocycles. The summed E-state index contributed by atoms with van der Waals surface area (Å²) >= 11 is 0. The van der Waals surface area contributed by atoms with Crippen LogP contribution in [0.2, 0.25) is 0 Å². The van der Waals surface area contributed by atoms with E-state index in [1.807, 2.05) is 25.2 Å². The van der Waals surface area contributed by atoms with E-state index in [0.717, 1.165) is 25.8 Å². The van der Waals surface area contributed by atoms with Crippen molar-refractivity contribution >= 4 is 18.0 Å². The number of morpholine rings is 1. The van der Waals surface area contributed by atoms with Gasteiger partial charge in [0.05, 0.1) is 42.2 Å². The minimum Gasteiger partial charge on any atom is -0.369 e. The number of carbonyl (C=O) groups excluding carboxylic acids is 2. The van der Waals surface area contributed by atoms with Crippen molar-refractivity contribution in [2.75, 3.05) is 40.3 Å². The van der Waals surface area contributed by atoms with Gasteiger partial charge in [0, 0.05) is 58.4 Å². The smallest absolute Gasteiger partial charge is 0.256 e. The van der Waals surface area contributed by atoms with Crippen LogP contribution in [0.5, 0.6) is 0 Å². The summed E-state index contributed by atoms with van der Waals surface area (Å²) in [6, 6.07) is -0.468. The quantitative estimate of drug-likeness (QED) is 0.212. The van der Waals surface area contributed by atoms with Gasteiger partial charge in [-0.3, -0.25) is 19.5 Å². The van der Waals surface area contributed by atoms with Crippen molar-refractivity contribution in [3.8, 4) is 0 Å². The second-order valence-corrected chi connectivity index (χ2v) is 13.3. The standard InChI is InChI=1S/C30H47FN6O3/c1-35(2)17-33-9-5-10-34-30(39)22-16-37-24-12-18-6-3-4-7-19(18)13-25(24)40-29-26(37)21(28(22)38)14-23(31)27(29)36-11-8-20(32)15-36/h16-21,23-27,29H,3-15,32H2,1-2H3,(H,34,39)/t18?,19?,20-,21?,23?,24?,25?,26?,27?,29?/m1/s1. The van der Waals surface area contributed by atoms with E-state index in [0.29, 0.717) is 37.9 Å². The first-order valence-corrected chi connectivity index (χ1v) is 15.6. The van der Waals surface area contributed by atoms with E-state index < -0.39 is 24.2 Å². The molecule has 9 unspecified atom stereocenters. The average Bonchev–Trinajstić information content (AvgIpc) is 3.36. The van der Waals surface area contributed by atoms with Gasteiger partial charge in [-0.2, -0.15) is 0 Å². The van der Waals surface area contributed by atoms with Crippen LogP contribution < -0.4 is 11.1 Å². The summed E-state index contributed by atoms with van der Waals surface area (Å²) < 4.78 is 23.0. The van der Waals surface area contributed by atoms with Gasteiger partial charge in [-0.05, 0) is 43.9 Å². The van der Waals surface area contributed by atoms with Gasteiger partial charge in [0.1, 0.15) is 6.17 Å². The number of hydrogen-bond donors (Lipinski definition) is 2. The number of nitrogens with one attached hydrogen (secondary N) is 1. The van der Waals surface area contributed by atoms with Crippen molar-refractivity contribution in [2.45, 2.75) is 100 Å². The molecule has 9 nitrogen and oxygen atoms in total. The number of fused-ring (bicyclic) bond motifs is 3. The Morgan fingerprint density at radius 3 is 2.70 bits per heavy atom. The highest BCUT2D eigenvalue weighted by Gasteiger charge is 2.60. The molecule has 0 radical (unpaired) electrons. The minimum absolute atomic E-state index is 0.00588. The summed E-state index contributed by atoms with van der Waals surface area (Å²) in [7, 11) is 3.83. The van der Waals surface area contributed by atoms with Crippen molar-refractivity contribution in [3.05, 3.63) is 11.8 Å². The lowest BCUT2D eigenvalue weighted by atomic mass is 9.64. The largest absolute Gasteiger partial charge is 0.369 e. The molecular formula is C30H47FN6O3. The fraction of sp³-hybridized carbons (Fsp3) is 0.833. The summed E-state index contributed by atoms with van der Waals surface area (Å²) in [6.07, 6.45) is 10.7. The first-order valence-electron chi connectivity index (χ1n) is 15.6. The summed E-state index contributed by atoms with van der Waals surface area (Å²) in [5, 5.41) is 2.94. The van der Waals surface area contributed by atoms with E-state index in [2.05, 4.69) is 20.1 Å². The third-order valence-electron chi connectivity index (χ3n) is 10.4. The SMILES string of the molecule is CN(C)C=NCCCNC(=O)C1=CN2C3CC4CCCCC4CC3OC3C(N4CC[C@@H](N)C4)C(F)CC(C1=O)C32. The summed E-state index contributed by atoms with van der Waals surface area (Å²) in [5.41, 5.74) is 6.41. The number of aliphatic imine (C=N–C) groups is 1. The number of ketones is 1. The lowest BCUT2D eigenvalue weighted by molar-refractivity contribution is -0.219. The number of rotatable bonds is 7. The molecule has 3 N–H and O–H groups in total. The molecule has 6 aliphatic rings. The van der Waals surface area contributed by atoms with E-state index in [9.17, 15) is 9.59 Å². The van der Waals surface area contributed by atoms with Gasteiger partial charge in [-0.15, -0.1) is 0 Å². The van der Waals surface area contributed by atoms with E-state index in [-0.39, 0.29) is 47.9 Å². The predicted octanol–water partition coefficient (Wildman–Crippen LogP) is 1.72. The lowest BCUT2D eigenvalue weighted by Crippen LogP contribution is -2.73. The second-order valence-electron chi connectivity index (χ2n) is 13.3. The first kappa shape index (κ1) is 28.1. The fourth-order valence-corrected chi connectivity index (χ4v) is 8.64. The van der Waals surface area contributed by atoms with Crippen LogP contribution in [0.15, 0.2) is 16.8 Å². The van der Waals surface area contributed by atoms with E-state index in [1.165, 1.54) is 25.7 Å². The molecule has 10 heteroatoms. The van der Waals surface area contributed by atoms with Crippen LogP contribution in [-0.4, -0.2) is 116 Å². The highest BCUT2D eigenvalue weighted by molar-refractivity contribution is 6.20. The van der Waals surface area contributed by atoms with Gasteiger partial charge >= 0.3 is 0 Å². The molecule has 0 aromatic carbocycles. The molecule has 0 spiro atoms. The van der Waals surface area contributed by atoms with Crippen molar-refractivity contribution in [1.29, 1.82) is 0 Å². The Morgan fingerprint density at radius 1 is 1.20 bits per heavy atom. The van der Waals surface area contributed by atoms with Crippen molar-refractivity contribution < 1.29 is 18.7 Å². The van der Waals surface area contributed by atoms with Gasteiger partial charge in [-0.25, -0.2) is 4.39 Å². The number of nitrogens with zero attached hydrogens (tertiary/aromatic N) is 4. The Bertz CT molecular complexity index is 1020. The third-order valence-corrected chi connectivity index (χ3v) is 10.4. The van der Waals surface area contributed by atoms with Gasteiger partial charge in [0.15, 0.2) is 5.78 Å². The molecule has 3 saturated carbocycles. The number of Topliss-reactive ketones (excluding diaryl/α,β-unsaturated/α-hetero) is 1. The van der Waals surface area contributed by atoms with Crippen LogP contribution in [0.3, 0.4) is 0 Å². The Hall–Kier alpha value is -2.04. The number of carbonyl (C=O) groups is 2. The van der Waals surface area contributed by atoms with Gasteiger partial charge in [0.25, 0.3) is 5.91 Å². The maximum atomic E-state index is 16.1. The van der Waals surface area contributed by atoms with E-state index in [4.69, 9.17) is 10.5 Å². The Balaban J connectivity index is 1.26. The Kier molecular flexibility index (Phi) is 8.21. The first-order chi connectivity index (χ1) is 19.3. The van der Waals surface area contributed by atoms with Crippen molar-refractivity contribution in [3.63, 3.8) is 0 Å². The minimum atomic E-state index is -1.19. The highest BCUT2D eigenvalue weighted by atomic mass is 19.1. The molecule has 5 fully saturated rings. The van der Waals surface area contributed by atoms with Gasteiger partial charge in [-0.1, -0.05) is 25.7 Å². The van der Waals surface area contributed by atoms with Crippen LogP contribution in [0.1, 0.15) is 57.8 Å². The molecule has 3 aliphatic carbocycles. The molecule has 1 amide bonds. The topological polar surface area (TPSA) is 104 Å². The van der Waals surface area contributed by atoms with Gasteiger partial charge in [0.2, 0.25) is 0 Å². The van der Waals surface area contributed by atoms with E-state index >= 15 is 4.39 Å². The molecule has 0 bridgehead atoms. The summed E-state index contributed by atoms with van der Waals surface area (Å²) in [5.74, 6) is 0.146.